The first-order valence-corrected chi connectivity index (χ1v) is 4.90. The highest BCUT2D eigenvalue weighted by molar-refractivity contribution is 5.38. The number of aryl methyl sites for hydroxylation is 1. The molecule has 3 nitrogen and oxygen atoms in total. The van der Waals surface area contributed by atoms with Gasteiger partial charge >= 0.3 is 0 Å². The Morgan fingerprint density at radius 3 is 2.57 bits per heavy atom. The quantitative estimate of drug-likeness (QED) is 0.650. The van der Waals surface area contributed by atoms with E-state index in [2.05, 4.69) is 0 Å². The summed E-state index contributed by atoms with van der Waals surface area (Å²) in [6.45, 7) is 0. The highest BCUT2D eigenvalue weighted by Gasteiger charge is 2.26. The molecule has 0 spiro atoms. The minimum atomic E-state index is -2.44. The van der Waals surface area contributed by atoms with Gasteiger partial charge in [0.2, 0.25) is 0 Å². The summed E-state index contributed by atoms with van der Waals surface area (Å²) in [5.41, 5.74) is 9.68. The molecule has 14 heavy (non-hydrogen) atoms. The summed E-state index contributed by atoms with van der Waals surface area (Å²) < 4.78 is 0. The van der Waals surface area contributed by atoms with Crippen LogP contribution in [-0.4, -0.2) is 10.2 Å². The topological polar surface area (TPSA) is 64.3 Å². The Kier molecular flexibility index (Phi) is 2.31. The fourth-order valence-corrected chi connectivity index (χ4v) is 2.11. The molecule has 0 saturated carbocycles. The lowest BCUT2D eigenvalue weighted by atomic mass is 9.87. The van der Waals surface area contributed by atoms with Crippen molar-refractivity contribution in [1.29, 1.82) is 0 Å². The van der Waals surface area contributed by atoms with Crippen molar-refractivity contribution in [1.82, 2.24) is 5.73 Å². The molecule has 1 aliphatic rings. The van der Waals surface area contributed by atoms with Crippen molar-refractivity contribution >= 4 is 0 Å². The first kappa shape index (κ1) is 9.65. The molecule has 0 bridgehead atoms. The van der Waals surface area contributed by atoms with Gasteiger partial charge in [0, 0.05) is 5.56 Å². The molecule has 1 radical (unpaired) electrons. The zero-order chi connectivity index (χ0) is 10.2. The lowest BCUT2D eigenvalue weighted by Gasteiger charge is -2.24. The van der Waals surface area contributed by atoms with Crippen molar-refractivity contribution in [2.45, 2.75) is 31.6 Å². The third kappa shape index (κ3) is 1.66. The van der Waals surface area contributed by atoms with Crippen LogP contribution in [0.25, 0.3) is 0 Å². The van der Waals surface area contributed by atoms with E-state index >= 15 is 0 Å². The van der Waals surface area contributed by atoms with Crippen LogP contribution in [0.2, 0.25) is 0 Å². The maximum atomic E-state index is 9.27. The summed E-state index contributed by atoms with van der Waals surface area (Å²) in [5, 5.41) is 18.5. The standard InChI is InChI=1S/C11H14NO2/c12-11(13,14)10-7-3-5-8-4-1-2-6-9(8)10/h3,5,7,12-14H,1-2,4,6H2. The number of benzene rings is 1. The van der Waals surface area contributed by atoms with Crippen LogP contribution in [0.3, 0.4) is 0 Å². The summed E-state index contributed by atoms with van der Waals surface area (Å²) in [6, 6.07) is 5.41. The number of nitrogens with one attached hydrogen (secondary N) is 1. The molecule has 1 aromatic rings. The third-order valence-electron chi connectivity index (χ3n) is 2.77. The number of aliphatic hydroxyl groups is 2. The van der Waals surface area contributed by atoms with Crippen molar-refractivity contribution in [3.63, 3.8) is 0 Å². The van der Waals surface area contributed by atoms with Gasteiger partial charge in [0.15, 0.2) is 0 Å². The van der Waals surface area contributed by atoms with Crippen LogP contribution in [-0.2, 0) is 18.8 Å². The zero-order valence-electron chi connectivity index (χ0n) is 7.95. The number of rotatable bonds is 1. The van der Waals surface area contributed by atoms with Gasteiger partial charge in [-0.25, -0.2) is 0 Å². The van der Waals surface area contributed by atoms with Crippen LogP contribution in [0, 0.1) is 0 Å². The van der Waals surface area contributed by atoms with Crippen molar-refractivity contribution in [2.24, 2.45) is 0 Å². The van der Waals surface area contributed by atoms with Crippen LogP contribution >= 0.6 is 0 Å². The second-order valence-electron chi connectivity index (χ2n) is 3.82. The number of fused-ring (bicyclic) bond motifs is 1. The van der Waals surface area contributed by atoms with Crippen molar-refractivity contribution < 1.29 is 10.2 Å². The minimum Gasteiger partial charge on any atom is -0.349 e. The molecule has 0 saturated heterocycles. The number of hydrogen-bond donors (Lipinski definition) is 2. The summed E-state index contributed by atoms with van der Waals surface area (Å²) in [4.78, 5) is 0. The van der Waals surface area contributed by atoms with E-state index in [1.165, 1.54) is 0 Å². The second kappa shape index (κ2) is 3.35. The maximum Gasteiger partial charge on any atom is 0.263 e. The molecule has 1 aliphatic carbocycles. The molecule has 0 atom stereocenters. The normalized spacial score (nSPS) is 16.5. The van der Waals surface area contributed by atoms with Gasteiger partial charge in [-0.3, -0.25) is 0 Å². The van der Waals surface area contributed by atoms with E-state index in [9.17, 15) is 10.2 Å². The van der Waals surface area contributed by atoms with E-state index in [1.54, 1.807) is 12.1 Å². The van der Waals surface area contributed by atoms with E-state index in [0.717, 1.165) is 36.8 Å². The molecule has 0 unspecified atom stereocenters. The molecule has 0 amide bonds. The van der Waals surface area contributed by atoms with Gasteiger partial charge in [0.05, 0.1) is 0 Å². The lowest BCUT2D eigenvalue weighted by molar-refractivity contribution is -0.171. The van der Waals surface area contributed by atoms with Gasteiger partial charge in [-0.1, -0.05) is 18.2 Å². The number of hydrogen-bond acceptors (Lipinski definition) is 2. The Hall–Kier alpha value is -0.900. The van der Waals surface area contributed by atoms with E-state index in [4.69, 9.17) is 5.73 Å². The van der Waals surface area contributed by atoms with E-state index in [-0.39, 0.29) is 0 Å². The SMILES string of the molecule is [NH]C(O)(O)c1cccc2c1CCCC2. The molecule has 0 aromatic heterocycles. The molecule has 1 aromatic carbocycles. The van der Waals surface area contributed by atoms with Gasteiger partial charge < -0.3 is 10.2 Å². The molecule has 75 valence electrons. The first-order valence-electron chi connectivity index (χ1n) is 4.90. The smallest absolute Gasteiger partial charge is 0.263 e. The molecular formula is C11H14NO2. The molecule has 0 heterocycles. The van der Waals surface area contributed by atoms with Gasteiger partial charge in [-0.05, 0) is 36.8 Å². The first-order chi connectivity index (χ1) is 6.59. The fraction of sp³-hybridized carbons (Fsp3) is 0.455. The molecule has 2 rings (SSSR count). The van der Waals surface area contributed by atoms with Gasteiger partial charge in [-0.15, -0.1) is 0 Å². The Labute approximate surface area is 83.2 Å². The van der Waals surface area contributed by atoms with E-state index in [0.29, 0.717) is 5.56 Å². The van der Waals surface area contributed by atoms with Gasteiger partial charge in [0.25, 0.3) is 5.91 Å². The van der Waals surface area contributed by atoms with Crippen LogP contribution in [0.15, 0.2) is 18.2 Å². The Morgan fingerprint density at radius 2 is 1.86 bits per heavy atom. The summed E-state index contributed by atoms with van der Waals surface area (Å²) in [7, 11) is 0. The van der Waals surface area contributed by atoms with E-state index < -0.39 is 5.91 Å². The largest absolute Gasteiger partial charge is 0.349 e. The van der Waals surface area contributed by atoms with Gasteiger partial charge in [-0.2, -0.15) is 5.73 Å². The van der Waals surface area contributed by atoms with Gasteiger partial charge in [0.1, 0.15) is 0 Å². The van der Waals surface area contributed by atoms with Crippen molar-refractivity contribution in [3.8, 4) is 0 Å². The zero-order valence-corrected chi connectivity index (χ0v) is 7.95. The van der Waals surface area contributed by atoms with E-state index in [1.807, 2.05) is 6.07 Å². The molecule has 3 N–H and O–H groups in total. The van der Waals surface area contributed by atoms with Crippen LogP contribution in [0.1, 0.15) is 29.5 Å². The van der Waals surface area contributed by atoms with Crippen molar-refractivity contribution in [3.05, 3.63) is 34.9 Å². The summed E-state index contributed by atoms with van der Waals surface area (Å²) in [5.74, 6) is -2.44. The highest BCUT2D eigenvalue weighted by atomic mass is 16.5. The minimum absolute atomic E-state index is 0.342. The lowest BCUT2D eigenvalue weighted by Crippen LogP contribution is -2.28. The van der Waals surface area contributed by atoms with Crippen LogP contribution in [0.5, 0.6) is 0 Å². The Bertz CT molecular complexity index is 342. The third-order valence-corrected chi connectivity index (χ3v) is 2.77. The van der Waals surface area contributed by atoms with Crippen LogP contribution in [0.4, 0.5) is 0 Å². The predicted molar refractivity (Wildman–Crippen MR) is 52.3 cm³/mol. The molecule has 0 fully saturated rings. The van der Waals surface area contributed by atoms with Crippen molar-refractivity contribution in [2.75, 3.05) is 0 Å². The molecular weight excluding hydrogens is 178 g/mol. The Balaban J connectivity index is 2.51. The Morgan fingerprint density at radius 1 is 1.14 bits per heavy atom. The highest BCUT2D eigenvalue weighted by Crippen LogP contribution is 2.28. The maximum absolute atomic E-state index is 9.27. The van der Waals surface area contributed by atoms with Crippen LogP contribution < -0.4 is 5.73 Å². The second-order valence-corrected chi connectivity index (χ2v) is 3.82. The predicted octanol–water partition coefficient (Wildman–Crippen LogP) is 0.943. The average molecular weight is 192 g/mol. The molecule has 3 heteroatoms. The average Bonchev–Trinajstić information content (AvgIpc) is 2.15. The monoisotopic (exact) mass is 192 g/mol. The summed E-state index contributed by atoms with van der Waals surface area (Å²) >= 11 is 0. The summed E-state index contributed by atoms with van der Waals surface area (Å²) in [6.07, 6.45) is 4.06. The fourth-order valence-electron chi connectivity index (χ4n) is 2.11. The molecule has 0 aliphatic heterocycles.